The number of benzene rings is 1. The molecule has 0 aliphatic rings. The summed E-state index contributed by atoms with van der Waals surface area (Å²) >= 11 is 0. The zero-order valence-electron chi connectivity index (χ0n) is 8.17. The zero-order chi connectivity index (χ0) is 9.68. The van der Waals surface area contributed by atoms with Gasteiger partial charge in [-0.3, -0.25) is 0 Å². The molecule has 0 unspecified atom stereocenters. The first-order valence-electron chi connectivity index (χ1n) is 4.50. The lowest BCUT2D eigenvalue weighted by molar-refractivity contribution is 0.320. The Morgan fingerprint density at radius 1 is 1.08 bits per heavy atom. The van der Waals surface area contributed by atoms with Crippen LogP contribution in [0.2, 0.25) is 0 Å². The molecule has 0 N–H and O–H groups in total. The zero-order valence-corrected chi connectivity index (χ0v) is 8.17. The fourth-order valence-electron chi connectivity index (χ4n) is 1.13. The van der Waals surface area contributed by atoms with Crippen molar-refractivity contribution in [3.8, 4) is 11.5 Å². The summed E-state index contributed by atoms with van der Waals surface area (Å²) in [6.07, 6.45) is 0. The predicted octanol–water partition coefficient (Wildman–Crippen LogP) is 2.67. The van der Waals surface area contributed by atoms with Gasteiger partial charge in [-0.25, -0.2) is 0 Å². The van der Waals surface area contributed by atoms with Crippen LogP contribution >= 0.6 is 0 Å². The maximum atomic E-state index is 5.38. The van der Waals surface area contributed by atoms with Crippen LogP contribution < -0.4 is 9.47 Å². The van der Waals surface area contributed by atoms with Crippen molar-refractivity contribution in [2.45, 2.75) is 13.8 Å². The fourth-order valence-corrected chi connectivity index (χ4v) is 1.13. The lowest BCUT2D eigenvalue weighted by Crippen LogP contribution is -1.98. The van der Waals surface area contributed by atoms with Crippen LogP contribution in [0, 0.1) is 6.92 Å². The summed E-state index contributed by atoms with van der Waals surface area (Å²) in [5.74, 6) is 1.60. The van der Waals surface area contributed by atoms with Crippen molar-refractivity contribution in [3.63, 3.8) is 0 Å². The van der Waals surface area contributed by atoms with Crippen LogP contribution in [-0.4, -0.2) is 13.2 Å². The van der Waals surface area contributed by atoms with E-state index in [9.17, 15) is 0 Å². The van der Waals surface area contributed by atoms with Gasteiger partial charge in [-0.2, -0.15) is 0 Å². The van der Waals surface area contributed by atoms with E-state index >= 15 is 0 Å². The van der Waals surface area contributed by atoms with Crippen LogP contribution in [-0.2, 0) is 0 Å². The molecule has 1 aromatic rings. The minimum atomic E-state index is 0.651. The van der Waals surface area contributed by atoms with Crippen molar-refractivity contribution in [1.29, 1.82) is 0 Å². The SMILES string of the molecule is [CH2]c1c(OCC)cccc1OCC. The van der Waals surface area contributed by atoms with E-state index in [4.69, 9.17) is 9.47 Å². The number of ether oxygens (including phenoxy) is 2. The second-order valence-electron chi connectivity index (χ2n) is 2.60. The van der Waals surface area contributed by atoms with E-state index in [1.807, 2.05) is 32.0 Å². The third kappa shape index (κ3) is 2.38. The van der Waals surface area contributed by atoms with Crippen LogP contribution in [0.4, 0.5) is 0 Å². The maximum Gasteiger partial charge on any atom is 0.126 e. The largest absolute Gasteiger partial charge is 0.493 e. The van der Waals surface area contributed by atoms with Gasteiger partial charge in [0.15, 0.2) is 0 Å². The molecule has 2 heteroatoms. The summed E-state index contributed by atoms with van der Waals surface area (Å²) in [5, 5.41) is 0. The van der Waals surface area contributed by atoms with E-state index in [0.717, 1.165) is 17.1 Å². The second kappa shape index (κ2) is 4.75. The second-order valence-corrected chi connectivity index (χ2v) is 2.60. The minimum absolute atomic E-state index is 0.651. The first kappa shape index (κ1) is 9.90. The van der Waals surface area contributed by atoms with Gasteiger partial charge in [-0.1, -0.05) is 6.07 Å². The topological polar surface area (TPSA) is 18.5 Å². The van der Waals surface area contributed by atoms with Crippen LogP contribution in [0.5, 0.6) is 11.5 Å². The third-order valence-corrected chi connectivity index (χ3v) is 1.69. The van der Waals surface area contributed by atoms with Gasteiger partial charge in [0.1, 0.15) is 11.5 Å². The minimum Gasteiger partial charge on any atom is -0.493 e. The van der Waals surface area contributed by atoms with Gasteiger partial charge in [0.2, 0.25) is 0 Å². The Morgan fingerprint density at radius 3 is 1.92 bits per heavy atom. The molecule has 0 fully saturated rings. The Bertz CT molecular complexity index is 245. The molecule has 0 saturated heterocycles. The number of rotatable bonds is 4. The molecule has 0 aromatic heterocycles. The van der Waals surface area contributed by atoms with Gasteiger partial charge < -0.3 is 9.47 Å². The first-order valence-corrected chi connectivity index (χ1v) is 4.50. The van der Waals surface area contributed by atoms with Gasteiger partial charge in [-0.05, 0) is 32.9 Å². The molecule has 1 radical (unpaired) electrons. The molecule has 0 amide bonds. The highest BCUT2D eigenvalue weighted by molar-refractivity contribution is 5.46. The Kier molecular flexibility index (Phi) is 3.62. The van der Waals surface area contributed by atoms with E-state index in [0.29, 0.717) is 13.2 Å². The molecular weight excluding hydrogens is 164 g/mol. The van der Waals surface area contributed by atoms with Crippen LogP contribution in [0.25, 0.3) is 0 Å². The molecule has 1 aromatic carbocycles. The molecule has 13 heavy (non-hydrogen) atoms. The summed E-state index contributed by atoms with van der Waals surface area (Å²) in [6, 6.07) is 5.70. The van der Waals surface area contributed by atoms with Crippen molar-refractivity contribution >= 4 is 0 Å². The van der Waals surface area contributed by atoms with Crippen molar-refractivity contribution in [2.75, 3.05) is 13.2 Å². The average molecular weight is 179 g/mol. The van der Waals surface area contributed by atoms with Crippen molar-refractivity contribution in [1.82, 2.24) is 0 Å². The van der Waals surface area contributed by atoms with E-state index < -0.39 is 0 Å². The molecule has 0 atom stereocenters. The summed E-state index contributed by atoms with van der Waals surface area (Å²) in [5.41, 5.74) is 0.825. The standard InChI is InChI=1S/C11H15O2/c1-4-12-10-7-6-8-11(9(10)3)13-5-2/h6-8H,3-5H2,1-2H3. The Labute approximate surface area is 79.5 Å². The predicted molar refractivity (Wildman–Crippen MR) is 53.2 cm³/mol. The molecule has 2 nitrogen and oxygen atoms in total. The Morgan fingerprint density at radius 2 is 1.54 bits per heavy atom. The lowest BCUT2D eigenvalue weighted by Gasteiger charge is -2.11. The molecule has 0 aliphatic carbocycles. The summed E-state index contributed by atoms with van der Waals surface area (Å²) in [6.45, 7) is 9.11. The molecule has 0 spiro atoms. The average Bonchev–Trinajstić information content (AvgIpc) is 2.13. The molecule has 71 valence electrons. The van der Waals surface area contributed by atoms with Gasteiger partial charge in [0, 0.05) is 5.56 Å². The molecule has 0 bridgehead atoms. The van der Waals surface area contributed by atoms with Gasteiger partial charge in [0.25, 0.3) is 0 Å². The van der Waals surface area contributed by atoms with Crippen molar-refractivity contribution in [3.05, 3.63) is 30.7 Å². The third-order valence-electron chi connectivity index (χ3n) is 1.69. The molecule has 0 saturated carbocycles. The highest BCUT2D eigenvalue weighted by Crippen LogP contribution is 2.27. The van der Waals surface area contributed by atoms with Crippen LogP contribution in [0.15, 0.2) is 18.2 Å². The monoisotopic (exact) mass is 179 g/mol. The number of hydrogen-bond acceptors (Lipinski definition) is 2. The lowest BCUT2D eigenvalue weighted by atomic mass is 10.2. The molecule has 0 heterocycles. The first-order chi connectivity index (χ1) is 6.29. The highest BCUT2D eigenvalue weighted by atomic mass is 16.5. The molecule has 1 rings (SSSR count). The highest BCUT2D eigenvalue weighted by Gasteiger charge is 2.04. The van der Waals surface area contributed by atoms with E-state index in [2.05, 4.69) is 6.92 Å². The summed E-state index contributed by atoms with van der Waals surface area (Å²) in [4.78, 5) is 0. The Balaban J connectivity index is 2.89. The maximum absolute atomic E-state index is 5.38. The smallest absolute Gasteiger partial charge is 0.126 e. The van der Waals surface area contributed by atoms with Crippen LogP contribution in [0.1, 0.15) is 19.4 Å². The summed E-state index contributed by atoms with van der Waals surface area (Å²) in [7, 11) is 0. The number of hydrogen-bond donors (Lipinski definition) is 0. The van der Waals surface area contributed by atoms with Gasteiger partial charge >= 0.3 is 0 Å². The van der Waals surface area contributed by atoms with E-state index in [1.54, 1.807) is 0 Å². The normalized spacial score (nSPS) is 9.77. The van der Waals surface area contributed by atoms with Gasteiger partial charge in [0.05, 0.1) is 13.2 Å². The van der Waals surface area contributed by atoms with Crippen LogP contribution in [0.3, 0.4) is 0 Å². The Hall–Kier alpha value is -1.18. The van der Waals surface area contributed by atoms with Crippen molar-refractivity contribution in [2.24, 2.45) is 0 Å². The van der Waals surface area contributed by atoms with Gasteiger partial charge in [-0.15, -0.1) is 0 Å². The van der Waals surface area contributed by atoms with E-state index in [-0.39, 0.29) is 0 Å². The van der Waals surface area contributed by atoms with E-state index in [1.165, 1.54) is 0 Å². The quantitative estimate of drug-likeness (QED) is 0.707. The summed E-state index contributed by atoms with van der Waals surface area (Å²) < 4.78 is 10.8. The van der Waals surface area contributed by atoms with Crippen molar-refractivity contribution < 1.29 is 9.47 Å². The molecular formula is C11H15O2. The fraction of sp³-hybridized carbons (Fsp3) is 0.364. The molecule has 0 aliphatic heterocycles.